The topological polar surface area (TPSA) is 58.6 Å². The Kier molecular flexibility index (Phi) is 4.66. The summed E-state index contributed by atoms with van der Waals surface area (Å²) < 4.78 is 18.2. The van der Waals surface area contributed by atoms with Crippen molar-refractivity contribution in [3.05, 3.63) is 64.9 Å². The van der Waals surface area contributed by atoms with Crippen molar-refractivity contribution in [2.75, 3.05) is 18.0 Å². The zero-order valence-electron chi connectivity index (χ0n) is 12.5. The highest BCUT2D eigenvalue weighted by molar-refractivity contribution is 6.33. The normalized spacial score (nSPS) is 16.8. The van der Waals surface area contributed by atoms with E-state index in [1.807, 2.05) is 0 Å². The van der Waals surface area contributed by atoms with Crippen molar-refractivity contribution in [3.63, 3.8) is 0 Å². The maximum Gasteiger partial charge on any atom is 0.414 e. The second-order valence-corrected chi connectivity index (χ2v) is 5.69. The summed E-state index contributed by atoms with van der Waals surface area (Å²) in [5, 5.41) is 3.05. The molecule has 1 aliphatic heterocycles. The number of nitrogens with one attached hydrogen (secondary N) is 1. The van der Waals surface area contributed by atoms with Crippen LogP contribution in [0.15, 0.2) is 48.5 Å². The molecule has 1 aliphatic rings. The van der Waals surface area contributed by atoms with Crippen LogP contribution < -0.4 is 10.2 Å². The predicted octanol–water partition coefficient (Wildman–Crippen LogP) is 3.23. The minimum absolute atomic E-state index is 0.160. The van der Waals surface area contributed by atoms with E-state index in [2.05, 4.69) is 5.32 Å². The van der Waals surface area contributed by atoms with Crippen LogP contribution in [0.1, 0.15) is 10.4 Å². The van der Waals surface area contributed by atoms with Gasteiger partial charge in [0.1, 0.15) is 11.9 Å². The van der Waals surface area contributed by atoms with E-state index in [0.29, 0.717) is 16.3 Å². The standard InChI is InChI=1S/C17H14ClFN2O3/c18-15-4-2-1-3-14(15)16(22)20-9-13-10-21(17(23)24-13)12-7-5-11(19)6-8-12/h1-8,13H,9-10H2,(H,20,22). The number of hydrogen-bond donors (Lipinski definition) is 1. The van der Waals surface area contributed by atoms with Crippen LogP contribution in [0.5, 0.6) is 0 Å². The zero-order chi connectivity index (χ0) is 17.1. The number of rotatable bonds is 4. The van der Waals surface area contributed by atoms with E-state index < -0.39 is 12.2 Å². The zero-order valence-corrected chi connectivity index (χ0v) is 13.3. The van der Waals surface area contributed by atoms with Crippen molar-refractivity contribution in [1.29, 1.82) is 0 Å². The van der Waals surface area contributed by atoms with Gasteiger partial charge in [-0.1, -0.05) is 23.7 Å². The monoisotopic (exact) mass is 348 g/mol. The number of benzene rings is 2. The lowest BCUT2D eigenvalue weighted by molar-refractivity contribution is 0.0916. The van der Waals surface area contributed by atoms with Gasteiger partial charge in [-0.15, -0.1) is 0 Å². The highest BCUT2D eigenvalue weighted by Gasteiger charge is 2.32. The Balaban J connectivity index is 1.59. The third-order valence-electron chi connectivity index (χ3n) is 3.62. The summed E-state index contributed by atoms with van der Waals surface area (Å²) in [6.07, 6.45) is -1.02. The van der Waals surface area contributed by atoms with Gasteiger partial charge in [-0.2, -0.15) is 0 Å². The highest BCUT2D eigenvalue weighted by Crippen LogP contribution is 2.22. The van der Waals surface area contributed by atoms with Crippen LogP contribution in [0, 0.1) is 5.82 Å². The average molecular weight is 349 g/mol. The number of nitrogens with zero attached hydrogens (tertiary/aromatic N) is 1. The van der Waals surface area contributed by atoms with Gasteiger partial charge < -0.3 is 10.1 Å². The number of hydrogen-bond acceptors (Lipinski definition) is 3. The van der Waals surface area contributed by atoms with Crippen LogP contribution in [-0.4, -0.2) is 31.2 Å². The molecular formula is C17H14ClFN2O3. The molecule has 0 bridgehead atoms. The number of ether oxygens (including phenoxy) is 1. The summed E-state index contributed by atoms with van der Waals surface area (Å²) in [5.74, 6) is -0.716. The molecule has 2 amide bonds. The van der Waals surface area contributed by atoms with Crippen LogP contribution in [0.3, 0.4) is 0 Å². The Hall–Kier alpha value is -2.60. The summed E-state index contributed by atoms with van der Waals surface area (Å²) in [5.41, 5.74) is 0.903. The van der Waals surface area contributed by atoms with Crippen LogP contribution in [0.2, 0.25) is 5.02 Å². The van der Waals surface area contributed by atoms with E-state index in [1.165, 1.54) is 29.2 Å². The molecule has 3 rings (SSSR count). The molecule has 0 aliphatic carbocycles. The van der Waals surface area contributed by atoms with Gasteiger partial charge >= 0.3 is 6.09 Å². The molecule has 1 heterocycles. The fourth-order valence-electron chi connectivity index (χ4n) is 2.41. The first-order valence-corrected chi connectivity index (χ1v) is 7.69. The smallest absolute Gasteiger partial charge is 0.414 e. The molecule has 1 atom stereocenters. The lowest BCUT2D eigenvalue weighted by atomic mass is 10.2. The van der Waals surface area contributed by atoms with Gasteiger partial charge in [0.2, 0.25) is 0 Å². The minimum Gasteiger partial charge on any atom is -0.442 e. The maximum absolute atomic E-state index is 13.0. The molecule has 0 aromatic heterocycles. The molecule has 1 N–H and O–H groups in total. The minimum atomic E-state index is -0.529. The third-order valence-corrected chi connectivity index (χ3v) is 3.95. The van der Waals surface area contributed by atoms with Gasteiger partial charge in [0.25, 0.3) is 5.91 Å². The van der Waals surface area contributed by atoms with Crippen molar-refractivity contribution in [2.24, 2.45) is 0 Å². The summed E-state index contributed by atoms with van der Waals surface area (Å²) >= 11 is 5.97. The van der Waals surface area contributed by atoms with Gasteiger partial charge in [0.15, 0.2) is 0 Å². The number of carbonyl (C=O) groups excluding carboxylic acids is 2. The van der Waals surface area contributed by atoms with Gasteiger partial charge in [-0.3, -0.25) is 9.69 Å². The molecule has 24 heavy (non-hydrogen) atoms. The van der Waals surface area contributed by atoms with E-state index in [-0.39, 0.29) is 24.8 Å². The van der Waals surface area contributed by atoms with E-state index in [0.717, 1.165) is 0 Å². The quantitative estimate of drug-likeness (QED) is 0.922. The maximum atomic E-state index is 13.0. The van der Waals surface area contributed by atoms with E-state index in [4.69, 9.17) is 16.3 Å². The molecule has 5 nitrogen and oxygen atoms in total. The summed E-state index contributed by atoms with van der Waals surface area (Å²) in [7, 11) is 0. The number of cyclic esters (lactones) is 1. The number of amides is 2. The Morgan fingerprint density at radius 3 is 2.67 bits per heavy atom. The Morgan fingerprint density at radius 1 is 1.25 bits per heavy atom. The van der Waals surface area contributed by atoms with Crippen molar-refractivity contribution in [3.8, 4) is 0 Å². The molecule has 2 aromatic carbocycles. The summed E-state index contributed by atoms with van der Waals surface area (Å²) in [6, 6.07) is 12.2. The first kappa shape index (κ1) is 16.3. The molecule has 1 fully saturated rings. The molecule has 2 aromatic rings. The average Bonchev–Trinajstić information content (AvgIpc) is 2.95. The van der Waals surface area contributed by atoms with Crippen molar-refractivity contribution < 1.29 is 18.7 Å². The van der Waals surface area contributed by atoms with Gasteiger partial charge in [0, 0.05) is 5.69 Å². The largest absolute Gasteiger partial charge is 0.442 e. The van der Waals surface area contributed by atoms with Gasteiger partial charge in [-0.25, -0.2) is 9.18 Å². The molecular weight excluding hydrogens is 335 g/mol. The van der Waals surface area contributed by atoms with Gasteiger partial charge in [0.05, 0.1) is 23.7 Å². The molecule has 7 heteroatoms. The SMILES string of the molecule is O=C(NCC1CN(c2ccc(F)cc2)C(=O)O1)c1ccccc1Cl. The summed E-state index contributed by atoms with van der Waals surface area (Å²) in [4.78, 5) is 25.4. The first-order chi connectivity index (χ1) is 11.5. The Bertz CT molecular complexity index is 767. The molecule has 0 saturated carbocycles. The lowest BCUT2D eigenvalue weighted by Crippen LogP contribution is -2.34. The molecule has 0 radical (unpaired) electrons. The summed E-state index contributed by atoms with van der Waals surface area (Å²) in [6.45, 7) is 0.431. The first-order valence-electron chi connectivity index (χ1n) is 7.31. The molecule has 1 unspecified atom stereocenters. The van der Waals surface area contributed by atoms with E-state index in [1.54, 1.807) is 24.3 Å². The van der Waals surface area contributed by atoms with E-state index >= 15 is 0 Å². The van der Waals surface area contributed by atoms with Crippen LogP contribution in [0.25, 0.3) is 0 Å². The molecule has 124 valence electrons. The Labute approximate surface area is 143 Å². The van der Waals surface area contributed by atoms with Crippen LogP contribution in [-0.2, 0) is 4.74 Å². The van der Waals surface area contributed by atoms with Crippen molar-refractivity contribution >= 4 is 29.3 Å². The Morgan fingerprint density at radius 2 is 1.96 bits per heavy atom. The third kappa shape index (κ3) is 3.49. The fraction of sp³-hybridized carbons (Fsp3) is 0.176. The molecule has 1 saturated heterocycles. The molecule has 0 spiro atoms. The van der Waals surface area contributed by atoms with Crippen molar-refractivity contribution in [1.82, 2.24) is 5.32 Å². The highest BCUT2D eigenvalue weighted by atomic mass is 35.5. The van der Waals surface area contributed by atoms with Crippen molar-refractivity contribution in [2.45, 2.75) is 6.10 Å². The number of halogens is 2. The lowest BCUT2D eigenvalue weighted by Gasteiger charge is -2.13. The van der Waals surface area contributed by atoms with Crippen LogP contribution >= 0.6 is 11.6 Å². The number of carbonyl (C=O) groups is 2. The predicted molar refractivity (Wildman–Crippen MR) is 87.8 cm³/mol. The van der Waals surface area contributed by atoms with Crippen LogP contribution in [0.4, 0.5) is 14.9 Å². The number of anilines is 1. The second-order valence-electron chi connectivity index (χ2n) is 5.28. The van der Waals surface area contributed by atoms with Gasteiger partial charge in [-0.05, 0) is 36.4 Å². The second kappa shape index (κ2) is 6.88. The van der Waals surface area contributed by atoms with E-state index in [9.17, 15) is 14.0 Å². The fourth-order valence-corrected chi connectivity index (χ4v) is 2.63.